The highest BCUT2D eigenvalue weighted by molar-refractivity contribution is 7.89. The van der Waals surface area contributed by atoms with E-state index < -0.39 is 23.0 Å². The van der Waals surface area contributed by atoms with Gasteiger partial charge in [0.05, 0.1) is 12.7 Å². The van der Waals surface area contributed by atoms with Crippen molar-refractivity contribution >= 4 is 10.0 Å². The molecule has 5 nitrogen and oxygen atoms in total. The Balaban J connectivity index is 2.93. The van der Waals surface area contributed by atoms with E-state index in [-0.39, 0.29) is 5.03 Å². The lowest BCUT2D eigenvalue weighted by Gasteiger charge is -2.14. The van der Waals surface area contributed by atoms with Gasteiger partial charge in [-0.15, -0.1) is 0 Å². The first-order valence-corrected chi connectivity index (χ1v) is 5.54. The van der Waals surface area contributed by atoms with Gasteiger partial charge in [0.1, 0.15) is 5.82 Å². The topological polar surface area (TPSA) is 66.1 Å². The molecule has 0 fully saturated rings. The van der Waals surface area contributed by atoms with Crippen LogP contribution in [0.15, 0.2) is 11.2 Å². The second kappa shape index (κ2) is 4.23. The lowest BCUT2D eigenvalue weighted by molar-refractivity contribution is 0.126. The maximum absolute atomic E-state index is 12.0. The van der Waals surface area contributed by atoms with Crippen LogP contribution in [0.3, 0.4) is 0 Å². The van der Waals surface area contributed by atoms with Gasteiger partial charge in [-0.3, -0.25) is 0 Å². The summed E-state index contributed by atoms with van der Waals surface area (Å²) in [6.45, 7) is 0.743. The van der Waals surface area contributed by atoms with Gasteiger partial charge in [0, 0.05) is 7.05 Å². The molecule has 0 aliphatic carbocycles. The number of rotatable bonds is 4. The molecule has 86 valence electrons. The number of aromatic amines is 1. The molecule has 0 atom stereocenters. The quantitative estimate of drug-likeness (QED) is 0.836. The first-order chi connectivity index (χ1) is 6.84. The molecule has 0 bridgehead atoms. The zero-order chi connectivity index (χ0) is 11.6. The van der Waals surface area contributed by atoms with Crippen LogP contribution in [0.1, 0.15) is 5.82 Å². The average molecular weight is 239 g/mol. The summed E-state index contributed by atoms with van der Waals surface area (Å²) in [5.74, 6) is 0.416. The van der Waals surface area contributed by atoms with Gasteiger partial charge in [-0.25, -0.2) is 22.2 Å². The Morgan fingerprint density at radius 2 is 2.20 bits per heavy atom. The minimum absolute atomic E-state index is 0.178. The number of sulfonamides is 1. The molecule has 0 aromatic carbocycles. The third-order valence-corrected chi connectivity index (χ3v) is 3.50. The van der Waals surface area contributed by atoms with Crippen LogP contribution in [0.2, 0.25) is 0 Å². The van der Waals surface area contributed by atoms with Crippen molar-refractivity contribution in [2.24, 2.45) is 0 Å². The summed E-state index contributed by atoms with van der Waals surface area (Å²) in [5, 5.41) is -0.178. The Morgan fingerprint density at radius 3 is 2.60 bits per heavy atom. The van der Waals surface area contributed by atoms with E-state index in [1.54, 1.807) is 6.92 Å². The van der Waals surface area contributed by atoms with Crippen LogP contribution >= 0.6 is 0 Å². The molecule has 1 aromatic rings. The van der Waals surface area contributed by atoms with Crippen LogP contribution in [0, 0.1) is 6.92 Å². The van der Waals surface area contributed by atoms with Crippen LogP contribution in [0.5, 0.6) is 0 Å². The molecule has 0 saturated heterocycles. The predicted octanol–water partition coefficient (Wildman–Crippen LogP) is 0.604. The number of imidazole rings is 1. The van der Waals surface area contributed by atoms with E-state index in [1.807, 2.05) is 0 Å². The van der Waals surface area contributed by atoms with Crippen molar-refractivity contribution < 1.29 is 17.2 Å². The van der Waals surface area contributed by atoms with Crippen molar-refractivity contribution in [3.63, 3.8) is 0 Å². The Kier molecular flexibility index (Phi) is 3.40. The maximum atomic E-state index is 12.0. The zero-order valence-electron chi connectivity index (χ0n) is 8.24. The largest absolute Gasteiger partial charge is 0.332 e. The summed E-state index contributed by atoms with van der Waals surface area (Å²) in [4.78, 5) is 6.18. The second-order valence-corrected chi connectivity index (χ2v) is 5.02. The number of hydrogen-bond donors (Lipinski definition) is 1. The molecule has 0 amide bonds. The monoisotopic (exact) mass is 239 g/mol. The Hall–Kier alpha value is -1.02. The minimum Gasteiger partial charge on any atom is -0.332 e. The number of aromatic nitrogens is 2. The van der Waals surface area contributed by atoms with Gasteiger partial charge < -0.3 is 4.98 Å². The van der Waals surface area contributed by atoms with E-state index in [0.717, 1.165) is 13.2 Å². The summed E-state index contributed by atoms with van der Waals surface area (Å²) in [6, 6.07) is 0. The highest BCUT2D eigenvalue weighted by atomic mass is 32.2. The molecule has 0 aliphatic rings. The molecule has 1 rings (SSSR count). The van der Waals surface area contributed by atoms with Gasteiger partial charge in [-0.2, -0.15) is 4.31 Å². The SMILES string of the molecule is Cc1ncc(S(=O)(=O)N(C)CC(F)F)[nH]1. The van der Waals surface area contributed by atoms with Gasteiger partial charge in [-0.05, 0) is 6.92 Å². The van der Waals surface area contributed by atoms with Crippen LogP contribution in [0.25, 0.3) is 0 Å². The van der Waals surface area contributed by atoms with Gasteiger partial charge in [0.25, 0.3) is 16.4 Å². The third kappa shape index (κ3) is 2.72. The fourth-order valence-electron chi connectivity index (χ4n) is 0.990. The van der Waals surface area contributed by atoms with E-state index >= 15 is 0 Å². The van der Waals surface area contributed by atoms with E-state index in [9.17, 15) is 17.2 Å². The molecule has 0 saturated carbocycles. The third-order valence-electron chi connectivity index (χ3n) is 1.76. The Labute approximate surface area is 86.2 Å². The van der Waals surface area contributed by atoms with E-state index in [1.165, 1.54) is 0 Å². The van der Waals surface area contributed by atoms with Gasteiger partial charge in [-0.1, -0.05) is 0 Å². The summed E-state index contributed by atoms with van der Waals surface area (Å²) in [5.41, 5.74) is 0. The number of nitrogens with zero attached hydrogens (tertiary/aromatic N) is 2. The minimum atomic E-state index is -3.88. The number of hydrogen-bond acceptors (Lipinski definition) is 3. The average Bonchev–Trinajstić information content (AvgIpc) is 2.50. The molecule has 15 heavy (non-hydrogen) atoms. The van der Waals surface area contributed by atoms with E-state index in [2.05, 4.69) is 9.97 Å². The number of halogens is 2. The lowest BCUT2D eigenvalue weighted by atomic mass is 10.7. The summed E-state index contributed by atoms with van der Waals surface area (Å²) < 4.78 is 47.8. The first kappa shape index (κ1) is 12.1. The van der Waals surface area contributed by atoms with Crippen molar-refractivity contribution in [3.8, 4) is 0 Å². The van der Waals surface area contributed by atoms with Crippen LogP contribution in [-0.4, -0.2) is 42.7 Å². The molecule has 1 heterocycles. The van der Waals surface area contributed by atoms with Gasteiger partial charge in [0.15, 0.2) is 5.03 Å². The van der Waals surface area contributed by atoms with E-state index in [0.29, 0.717) is 10.1 Å². The number of H-pyrrole nitrogens is 1. The fraction of sp³-hybridized carbons (Fsp3) is 0.571. The summed E-state index contributed by atoms with van der Waals surface area (Å²) in [7, 11) is -2.78. The van der Waals surface area contributed by atoms with Crippen molar-refractivity contribution in [2.45, 2.75) is 18.4 Å². The summed E-state index contributed by atoms with van der Waals surface area (Å²) >= 11 is 0. The first-order valence-electron chi connectivity index (χ1n) is 4.10. The standard InChI is InChI=1S/C7H11F2N3O2S/c1-5-10-3-7(11-5)15(13,14)12(2)4-6(8)9/h3,6H,4H2,1-2H3,(H,10,11). The summed E-state index contributed by atoms with van der Waals surface area (Å²) in [6.07, 6.45) is -1.60. The Bertz CT molecular complexity index is 429. The highest BCUT2D eigenvalue weighted by Crippen LogP contribution is 2.12. The molecule has 8 heteroatoms. The highest BCUT2D eigenvalue weighted by Gasteiger charge is 2.25. The van der Waals surface area contributed by atoms with Gasteiger partial charge in [0.2, 0.25) is 0 Å². The molecule has 0 unspecified atom stereocenters. The fourth-order valence-corrected chi connectivity index (χ4v) is 2.10. The molecule has 1 N–H and O–H groups in total. The van der Waals surface area contributed by atoms with E-state index in [4.69, 9.17) is 0 Å². The lowest BCUT2D eigenvalue weighted by Crippen LogP contribution is -2.31. The molecular weight excluding hydrogens is 228 g/mol. The van der Waals surface area contributed by atoms with Crippen molar-refractivity contribution in [1.82, 2.24) is 14.3 Å². The normalized spacial score (nSPS) is 12.7. The van der Waals surface area contributed by atoms with Crippen molar-refractivity contribution in [1.29, 1.82) is 0 Å². The molecule has 0 aliphatic heterocycles. The molecule has 1 aromatic heterocycles. The molecule has 0 radical (unpaired) electrons. The number of nitrogens with one attached hydrogen (secondary N) is 1. The van der Waals surface area contributed by atoms with Crippen molar-refractivity contribution in [3.05, 3.63) is 12.0 Å². The second-order valence-electron chi connectivity index (χ2n) is 3.01. The smallest absolute Gasteiger partial charge is 0.260 e. The number of alkyl halides is 2. The number of aryl methyl sites for hydroxylation is 1. The predicted molar refractivity (Wildman–Crippen MR) is 49.1 cm³/mol. The van der Waals surface area contributed by atoms with Crippen LogP contribution in [0.4, 0.5) is 8.78 Å². The molecule has 0 spiro atoms. The van der Waals surface area contributed by atoms with Crippen molar-refractivity contribution in [2.75, 3.05) is 13.6 Å². The van der Waals surface area contributed by atoms with Crippen LogP contribution in [-0.2, 0) is 10.0 Å². The Morgan fingerprint density at radius 1 is 1.60 bits per heavy atom. The van der Waals surface area contributed by atoms with Crippen LogP contribution < -0.4 is 0 Å². The zero-order valence-corrected chi connectivity index (χ0v) is 9.05. The molecular formula is C7H11F2N3O2S. The maximum Gasteiger partial charge on any atom is 0.260 e. The van der Waals surface area contributed by atoms with Gasteiger partial charge >= 0.3 is 0 Å².